The highest BCUT2D eigenvalue weighted by Crippen LogP contribution is 2.32. The Bertz CT molecular complexity index is 1190. The van der Waals surface area contributed by atoms with E-state index in [0.29, 0.717) is 36.2 Å². The third-order valence-corrected chi connectivity index (χ3v) is 5.96. The van der Waals surface area contributed by atoms with E-state index in [2.05, 4.69) is 15.2 Å². The molecule has 9 nitrogen and oxygen atoms in total. The zero-order valence-corrected chi connectivity index (χ0v) is 17.8. The maximum Gasteiger partial charge on any atom is 0.406 e. The predicted molar refractivity (Wildman–Crippen MR) is 114 cm³/mol. The molecule has 0 saturated heterocycles. The summed E-state index contributed by atoms with van der Waals surface area (Å²) in [5.74, 6) is -0.468. The lowest BCUT2D eigenvalue weighted by Crippen LogP contribution is -2.36. The van der Waals surface area contributed by atoms with E-state index in [-0.39, 0.29) is 28.3 Å². The molecule has 13 heteroatoms. The Hall–Kier alpha value is -3.48. The second-order valence-electron chi connectivity index (χ2n) is 7.25. The van der Waals surface area contributed by atoms with Crippen molar-refractivity contribution in [3.8, 4) is 11.4 Å². The van der Waals surface area contributed by atoms with Crippen molar-refractivity contribution >= 4 is 29.0 Å². The third kappa shape index (κ3) is 5.13. The molecular formula is C20H17F3N6O3S. The molecule has 0 unspecified atom stereocenters. The van der Waals surface area contributed by atoms with Gasteiger partial charge in [-0.25, -0.2) is 0 Å². The topological polar surface area (TPSA) is 107 Å². The van der Waals surface area contributed by atoms with Crippen molar-refractivity contribution in [2.24, 2.45) is 0 Å². The van der Waals surface area contributed by atoms with Crippen LogP contribution in [-0.4, -0.2) is 49.1 Å². The number of thioether (sulfide) groups is 1. The molecular weight excluding hydrogens is 461 g/mol. The van der Waals surface area contributed by atoms with E-state index in [1.165, 1.54) is 47.6 Å². The number of anilines is 1. The number of hydrogen-bond acceptors (Lipinski definition) is 7. The lowest BCUT2D eigenvalue weighted by molar-refractivity contribution is -0.384. The van der Waals surface area contributed by atoms with Crippen molar-refractivity contribution in [2.75, 3.05) is 17.2 Å². The minimum Gasteiger partial charge on any atom is -0.311 e. The van der Waals surface area contributed by atoms with Crippen molar-refractivity contribution in [1.29, 1.82) is 0 Å². The monoisotopic (exact) mass is 478 g/mol. The fourth-order valence-electron chi connectivity index (χ4n) is 3.59. The molecule has 172 valence electrons. The van der Waals surface area contributed by atoms with Gasteiger partial charge in [0, 0.05) is 42.3 Å². The van der Waals surface area contributed by atoms with Crippen LogP contribution in [0.25, 0.3) is 11.4 Å². The summed E-state index contributed by atoms with van der Waals surface area (Å²) >= 11 is 0.862. The van der Waals surface area contributed by atoms with E-state index in [1.54, 1.807) is 0 Å². The van der Waals surface area contributed by atoms with E-state index in [0.717, 1.165) is 16.3 Å². The van der Waals surface area contributed by atoms with Gasteiger partial charge in [-0.15, -0.1) is 10.2 Å². The molecule has 3 heterocycles. The Kier molecular flexibility index (Phi) is 6.31. The number of rotatable bonds is 6. The van der Waals surface area contributed by atoms with Gasteiger partial charge in [0.2, 0.25) is 5.91 Å². The zero-order chi connectivity index (χ0) is 23.6. The van der Waals surface area contributed by atoms with Crippen LogP contribution in [0.4, 0.5) is 24.5 Å². The third-order valence-electron chi connectivity index (χ3n) is 5.01. The maximum absolute atomic E-state index is 13.2. The molecule has 4 rings (SSSR count). The Labute approximate surface area is 189 Å². The number of benzene rings is 1. The Morgan fingerprint density at radius 2 is 1.94 bits per heavy atom. The second kappa shape index (κ2) is 9.17. The minimum absolute atomic E-state index is 0.0281. The van der Waals surface area contributed by atoms with Crippen LogP contribution in [0.15, 0.2) is 47.9 Å². The fraction of sp³-hybridized carbons (Fsp3) is 0.300. The highest BCUT2D eigenvalue weighted by Gasteiger charge is 2.32. The SMILES string of the molecule is O=C(CSc1nnc(-c2ccncc2)n1CC(F)(F)F)N1CCCc2cc([N+](=O)[O-])ccc21. The first-order chi connectivity index (χ1) is 15.7. The number of amides is 1. The second-order valence-corrected chi connectivity index (χ2v) is 8.19. The number of nitro benzene ring substituents is 1. The number of nitrogens with zero attached hydrogens (tertiary/aromatic N) is 6. The maximum atomic E-state index is 13.2. The summed E-state index contributed by atoms with van der Waals surface area (Å²) < 4.78 is 40.6. The van der Waals surface area contributed by atoms with E-state index in [1.807, 2.05) is 0 Å². The molecule has 0 N–H and O–H groups in total. The highest BCUT2D eigenvalue weighted by molar-refractivity contribution is 7.99. The van der Waals surface area contributed by atoms with E-state index < -0.39 is 17.6 Å². The van der Waals surface area contributed by atoms with Gasteiger partial charge in [0.15, 0.2) is 11.0 Å². The van der Waals surface area contributed by atoms with Crippen LogP contribution in [0.5, 0.6) is 0 Å². The van der Waals surface area contributed by atoms with Gasteiger partial charge in [-0.1, -0.05) is 11.8 Å². The average Bonchev–Trinajstić information content (AvgIpc) is 3.17. The van der Waals surface area contributed by atoms with Crippen LogP contribution in [-0.2, 0) is 17.8 Å². The number of aryl methyl sites for hydroxylation is 1. The molecule has 0 atom stereocenters. The number of pyridine rings is 1. The summed E-state index contributed by atoms with van der Waals surface area (Å²) in [6.45, 7) is -0.883. The Balaban J connectivity index is 1.55. The summed E-state index contributed by atoms with van der Waals surface area (Å²) in [5.41, 5.74) is 1.63. The number of halogens is 3. The molecule has 0 aliphatic carbocycles. The number of carbonyl (C=O) groups is 1. The van der Waals surface area contributed by atoms with E-state index >= 15 is 0 Å². The van der Waals surface area contributed by atoms with Crippen LogP contribution in [0, 0.1) is 10.1 Å². The van der Waals surface area contributed by atoms with Crippen molar-refractivity contribution in [3.05, 3.63) is 58.4 Å². The first-order valence-electron chi connectivity index (χ1n) is 9.84. The number of fused-ring (bicyclic) bond motifs is 1. The molecule has 1 aliphatic rings. The molecule has 3 aromatic rings. The largest absolute Gasteiger partial charge is 0.406 e. The number of alkyl halides is 3. The van der Waals surface area contributed by atoms with Crippen molar-refractivity contribution in [2.45, 2.75) is 30.7 Å². The average molecular weight is 478 g/mol. The lowest BCUT2D eigenvalue weighted by atomic mass is 10.0. The highest BCUT2D eigenvalue weighted by atomic mass is 32.2. The summed E-state index contributed by atoms with van der Waals surface area (Å²) in [5, 5.41) is 18.8. The number of aromatic nitrogens is 4. The van der Waals surface area contributed by atoms with Crippen molar-refractivity contribution in [3.63, 3.8) is 0 Å². The van der Waals surface area contributed by atoms with Gasteiger partial charge in [-0.05, 0) is 36.6 Å². The van der Waals surface area contributed by atoms with Crippen molar-refractivity contribution < 1.29 is 22.9 Å². The summed E-state index contributed by atoms with van der Waals surface area (Å²) in [7, 11) is 0. The molecule has 0 radical (unpaired) electrons. The molecule has 0 spiro atoms. The van der Waals surface area contributed by atoms with Crippen LogP contribution >= 0.6 is 11.8 Å². The van der Waals surface area contributed by atoms with Gasteiger partial charge in [-0.3, -0.25) is 24.5 Å². The molecule has 0 fully saturated rings. The number of nitro groups is 1. The fourth-order valence-corrected chi connectivity index (χ4v) is 4.41. The summed E-state index contributed by atoms with van der Waals surface area (Å²) in [6, 6.07) is 7.37. The van der Waals surface area contributed by atoms with E-state index in [9.17, 15) is 28.1 Å². The number of hydrogen-bond donors (Lipinski definition) is 0. The molecule has 1 amide bonds. The zero-order valence-electron chi connectivity index (χ0n) is 17.0. The molecule has 1 aliphatic heterocycles. The smallest absolute Gasteiger partial charge is 0.311 e. The number of carbonyl (C=O) groups excluding carboxylic acids is 1. The standard InChI is InChI=1S/C20H17F3N6O3S/c21-20(22,23)12-28-18(13-5-7-24-8-6-13)25-26-19(28)33-11-17(30)27-9-1-2-14-10-15(29(31)32)3-4-16(14)27/h3-8,10H,1-2,9,11-12H2. The molecule has 1 aromatic carbocycles. The van der Waals surface area contributed by atoms with Gasteiger partial charge in [0.25, 0.3) is 5.69 Å². The van der Waals surface area contributed by atoms with Crippen LogP contribution < -0.4 is 4.90 Å². The van der Waals surface area contributed by atoms with Gasteiger partial charge >= 0.3 is 6.18 Å². The van der Waals surface area contributed by atoms with Crippen LogP contribution in [0.2, 0.25) is 0 Å². The van der Waals surface area contributed by atoms with Crippen LogP contribution in [0.1, 0.15) is 12.0 Å². The summed E-state index contributed by atoms with van der Waals surface area (Å²) in [6.07, 6.45) is -0.402. The first kappa shape index (κ1) is 22.7. The number of non-ortho nitro benzene ring substituents is 1. The van der Waals surface area contributed by atoms with Crippen LogP contribution in [0.3, 0.4) is 0 Å². The quantitative estimate of drug-likeness (QED) is 0.301. The molecule has 33 heavy (non-hydrogen) atoms. The van der Waals surface area contributed by atoms with E-state index in [4.69, 9.17) is 0 Å². The molecule has 0 saturated carbocycles. The molecule has 0 bridgehead atoms. The lowest BCUT2D eigenvalue weighted by Gasteiger charge is -2.29. The predicted octanol–water partition coefficient (Wildman–Crippen LogP) is 3.88. The van der Waals surface area contributed by atoms with Gasteiger partial charge in [0.05, 0.1) is 10.7 Å². The van der Waals surface area contributed by atoms with Gasteiger partial charge in [0.1, 0.15) is 6.54 Å². The Morgan fingerprint density at radius 3 is 2.64 bits per heavy atom. The summed E-state index contributed by atoms with van der Waals surface area (Å²) in [4.78, 5) is 28.8. The molecule has 2 aromatic heterocycles. The first-order valence-corrected chi connectivity index (χ1v) is 10.8. The van der Waals surface area contributed by atoms with Crippen molar-refractivity contribution in [1.82, 2.24) is 19.7 Å². The normalized spacial score (nSPS) is 13.6. The Morgan fingerprint density at radius 1 is 1.18 bits per heavy atom. The minimum atomic E-state index is -4.51. The van der Waals surface area contributed by atoms with Gasteiger partial charge < -0.3 is 4.90 Å². The van der Waals surface area contributed by atoms with Gasteiger partial charge in [-0.2, -0.15) is 13.2 Å².